The number of nitrogens with zero attached hydrogens (tertiary/aromatic N) is 2. The van der Waals surface area contributed by atoms with E-state index in [4.69, 9.17) is 17.3 Å². The highest BCUT2D eigenvalue weighted by molar-refractivity contribution is 6.33. The van der Waals surface area contributed by atoms with Crippen molar-refractivity contribution in [3.05, 3.63) is 17.3 Å². The molecular weight excluding hydrogens is 164 g/mol. The van der Waals surface area contributed by atoms with Gasteiger partial charge in [0.2, 0.25) is 0 Å². The van der Waals surface area contributed by atoms with Gasteiger partial charge >= 0.3 is 0 Å². The average molecular weight is 169 g/mol. The maximum absolute atomic E-state index is 5.72. The van der Waals surface area contributed by atoms with Crippen LogP contribution < -0.4 is 5.73 Å². The number of fused-ring (bicyclic) bond motifs is 1. The molecule has 0 aliphatic heterocycles. The van der Waals surface area contributed by atoms with E-state index in [-0.39, 0.29) is 0 Å². The van der Waals surface area contributed by atoms with E-state index in [1.165, 1.54) is 0 Å². The van der Waals surface area contributed by atoms with Crippen molar-refractivity contribution in [2.45, 2.75) is 0 Å². The van der Waals surface area contributed by atoms with Gasteiger partial charge in [0.05, 0.1) is 11.2 Å². The van der Waals surface area contributed by atoms with Gasteiger partial charge in [0, 0.05) is 5.39 Å². The smallest absolute Gasteiger partial charge is 0.157 e. The highest BCUT2D eigenvalue weighted by Gasteiger charge is 2.01. The van der Waals surface area contributed by atoms with Gasteiger partial charge in [-0.2, -0.15) is 5.10 Å². The first-order valence-corrected chi connectivity index (χ1v) is 3.40. The number of H-pyrrole nitrogens is 1. The van der Waals surface area contributed by atoms with Crippen molar-refractivity contribution in [2.75, 3.05) is 5.73 Å². The van der Waals surface area contributed by atoms with Crippen LogP contribution in [0.4, 0.5) is 5.82 Å². The van der Waals surface area contributed by atoms with E-state index >= 15 is 0 Å². The van der Waals surface area contributed by atoms with E-state index < -0.39 is 0 Å². The van der Waals surface area contributed by atoms with Gasteiger partial charge in [-0.15, -0.1) is 0 Å². The molecule has 2 heterocycles. The molecule has 0 fully saturated rings. The molecule has 4 nitrogen and oxygen atoms in total. The van der Waals surface area contributed by atoms with Crippen LogP contribution in [0.5, 0.6) is 0 Å². The zero-order valence-corrected chi connectivity index (χ0v) is 6.26. The number of hydrogen-bond acceptors (Lipinski definition) is 3. The molecule has 2 aromatic rings. The number of aromatic nitrogens is 3. The summed E-state index contributed by atoms with van der Waals surface area (Å²) >= 11 is 5.72. The molecule has 0 amide bonds. The van der Waals surface area contributed by atoms with Crippen LogP contribution >= 0.6 is 11.6 Å². The summed E-state index contributed by atoms with van der Waals surface area (Å²) in [4.78, 5) is 3.96. The third-order valence-corrected chi connectivity index (χ3v) is 1.71. The van der Waals surface area contributed by atoms with Gasteiger partial charge in [0.25, 0.3) is 0 Å². The summed E-state index contributed by atoms with van der Waals surface area (Å²) in [6, 6.07) is 1.72. The van der Waals surface area contributed by atoms with Gasteiger partial charge in [0.1, 0.15) is 5.82 Å². The molecule has 56 valence electrons. The highest BCUT2D eigenvalue weighted by atomic mass is 35.5. The third kappa shape index (κ3) is 0.914. The Balaban J connectivity index is 2.86. The van der Waals surface area contributed by atoms with Gasteiger partial charge in [-0.1, -0.05) is 11.6 Å². The molecule has 3 N–H and O–H groups in total. The van der Waals surface area contributed by atoms with E-state index in [2.05, 4.69) is 15.2 Å². The maximum Gasteiger partial charge on any atom is 0.157 e. The molecule has 0 saturated heterocycles. The molecule has 0 bridgehead atoms. The van der Waals surface area contributed by atoms with Crippen LogP contribution in [-0.4, -0.2) is 15.2 Å². The SMILES string of the molecule is Nc1nc2[nH]ncc2cc1Cl. The average Bonchev–Trinajstić information content (AvgIpc) is 2.36. The zero-order valence-electron chi connectivity index (χ0n) is 5.50. The molecule has 0 radical (unpaired) electrons. The number of nitrogens with two attached hydrogens (primary N) is 1. The van der Waals surface area contributed by atoms with Gasteiger partial charge in [-0.3, -0.25) is 5.10 Å². The van der Waals surface area contributed by atoms with Crippen molar-refractivity contribution in [2.24, 2.45) is 0 Å². The summed E-state index contributed by atoms with van der Waals surface area (Å²) < 4.78 is 0. The molecule has 2 rings (SSSR count). The quantitative estimate of drug-likeness (QED) is 0.621. The van der Waals surface area contributed by atoms with Gasteiger partial charge in [0.15, 0.2) is 5.65 Å². The summed E-state index contributed by atoms with van der Waals surface area (Å²) in [6.45, 7) is 0. The van der Waals surface area contributed by atoms with Crippen molar-refractivity contribution in [3.8, 4) is 0 Å². The fourth-order valence-electron chi connectivity index (χ4n) is 0.868. The number of rotatable bonds is 0. The summed E-state index contributed by atoms with van der Waals surface area (Å²) in [5.74, 6) is 0.323. The van der Waals surface area contributed by atoms with Crippen LogP contribution in [0.2, 0.25) is 5.02 Å². The Morgan fingerprint density at radius 2 is 2.36 bits per heavy atom. The van der Waals surface area contributed by atoms with Crippen LogP contribution in [0.3, 0.4) is 0 Å². The first-order valence-electron chi connectivity index (χ1n) is 3.02. The molecule has 11 heavy (non-hydrogen) atoms. The summed E-state index contributed by atoms with van der Waals surface area (Å²) in [7, 11) is 0. The first kappa shape index (κ1) is 6.42. The predicted octanol–water partition coefficient (Wildman–Crippen LogP) is 1.19. The van der Waals surface area contributed by atoms with Gasteiger partial charge in [-0.05, 0) is 6.07 Å². The number of hydrogen-bond donors (Lipinski definition) is 2. The van der Waals surface area contributed by atoms with E-state index in [1.807, 2.05) is 0 Å². The Labute approximate surface area is 67.4 Å². The standard InChI is InChI=1S/C6H5ClN4/c7-4-1-3-2-9-11-6(3)10-5(4)8/h1-2H,(H3,8,9,10,11). The maximum atomic E-state index is 5.72. The highest BCUT2D eigenvalue weighted by Crippen LogP contribution is 2.20. The molecule has 0 aliphatic carbocycles. The Morgan fingerprint density at radius 1 is 1.55 bits per heavy atom. The van der Waals surface area contributed by atoms with Gasteiger partial charge in [-0.25, -0.2) is 4.98 Å². The topological polar surface area (TPSA) is 67.6 Å². The lowest BCUT2D eigenvalue weighted by atomic mass is 10.3. The molecule has 5 heteroatoms. The van der Waals surface area contributed by atoms with Crippen molar-refractivity contribution < 1.29 is 0 Å². The number of nitrogen functional groups attached to an aromatic ring is 1. The number of aromatic amines is 1. The van der Waals surface area contributed by atoms with Crippen molar-refractivity contribution in [1.82, 2.24) is 15.2 Å². The van der Waals surface area contributed by atoms with Crippen molar-refractivity contribution in [3.63, 3.8) is 0 Å². The Morgan fingerprint density at radius 3 is 3.18 bits per heavy atom. The van der Waals surface area contributed by atoms with Crippen LogP contribution in [0.1, 0.15) is 0 Å². The summed E-state index contributed by atoms with van der Waals surface area (Å²) in [5.41, 5.74) is 6.11. The Hall–Kier alpha value is -1.29. The van der Waals surface area contributed by atoms with Crippen LogP contribution in [0.25, 0.3) is 11.0 Å². The molecular formula is C6H5ClN4. The normalized spacial score (nSPS) is 10.6. The number of pyridine rings is 1. The Kier molecular flexibility index (Phi) is 1.22. The molecule has 0 spiro atoms. The molecule has 0 atom stereocenters. The molecule has 0 saturated carbocycles. The Bertz CT molecular complexity index is 358. The third-order valence-electron chi connectivity index (χ3n) is 1.41. The summed E-state index contributed by atoms with van der Waals surface area (Å²) in [6.07, 6.45) is 1.65. The van der Waals surface area contributed by atoms with Crippen molar-refractivity contribution >= 4 is 28.5 Å². The lowest BCUT2D eigenvalue weighted by molar-refractivity contribution is 1.10. The lowest BCUT2D eigenvalue weighted by Crippen LogP contribution is -1.90. The second-order valence-corrected chi connectivity index (χ2v) is 2.57. The van der Waals surface area contributed by atoms with Gasteiger partial charge < -0.3 is 5.73 Å². The molecule has 0 aromatic carbocycles. The van der Waals surface area contributed by atoms with Crippen LogP contribution in [0, 0.1) is 0 Å². The monoisotopic (exact) mass is 168 g/mol. The largest absolute Gasteiger partial charge is 0.382 e. The van der Waals surface area contributed by atoms with Crippen molar-refractivity contribution in [1.29, 1.82) is 0 Å². The number of nitrogens with one attached hydrogen (secondary N) is 1. The summed E-state index contributed by atoms with van der Waals surface area (Å²) in [5, 5.41) is 7.79. The number of anilines is 1. The minimum Gasteiger partial charge on any atom is -0.382 e. The van der Waals surface area contributed by atoms with E-state index in [1.54, 1.807) is 12.3 Å². The second kappa shape index (κ2) is 2.10. The van der Waals surface area contributed by atoms with E-state index in [0.717, 1.165) is 5.39 Å². The minimum absolute atomic E-state index is 0.323. The van der Waals surface area contributed by atoms with Crippen LogP contribution in [-0.2, 0) is 0 Å². The number of halogens is 1. The first-order chi connectivity index (χ1) is 5.27. The molecule has 2 aromatic heterocycles. The second-order valence-electron chi connectivity index (χ2n) is 2.16. The fourth-order valence-corrected chi connectivity index (χ4v) is 1.03. The lowest BCUT2D eigenvalue weighted by Gasteiger charge is -1.94. The van der Waals surface area contributed by atoms with E-state index in [9.17, 15) is 0 Å². The molecule has 0 aliphatic rings. The van der Waals surface area contributed by atoms with Crippen LogP contribution in [0.15, 0.2) is 12.3 Å². The minimum atomic E-state index is 0.323. The molecule has 0 unspecified atom stereocenters. The zero-order chi connectivity index (χ0) is 7.84. The van der Waals surface area contributed by atoms with E-state index in [0.29, 0.717) is 16.5 Å². The predicted molar refractivity (Wildman–Crippen MR) is 43.3 cm³/mol. The fraction of sp³-hybridized carbons (Fsp3) is 0.